The Bertz CT molecular complexity index is 1070. The van der Waals surface area contributed by atoms with Crippen molar-refractivity contribution in [3.8, 4) is 17.2 Å². The van der Waals surface area contributed by atoms with E-state index < -0.39 is 0 Å². The molecule has 0 spiro atoms. The van der Waals surface area contributed by atoms with Gasteiger partial charge in [0.15, 0.2) is 17.2 Å². The second kappa shape index (κ2) is 7.86. The Morgan fingerprint density at radius 1 is 1.07 bits per heavy atom. The largest absolute Gasteiger partial charge is 0.486 e. The van der Waals surface area contributed by atoms with Crippen molar-refractivity contribution in [1.82, 2.24) is 14.7 Å². The molecule has 0 saturated carbocycles. The number of hydrogen-bond acceptors (Lipinski definition) is 4. The van der Waals surface area contributed by atoms with Crippen molar-refractivity contribution in [3.05, 3.63) is 71.0 Å². The number of para-hydroxylation sites is 2. The third kappa shape index (κ3) is 3.22. The number of hydrogen-bond donors (Lipinski definition) is 0. The van der Waals surface area contributed by atoms with Gasteiger partial charge in [0.25, 0.3) is 5.91 Å². The first-order chi connectivity index (χ1) is 14.8. The number of benzene rings is 2. The summed E-state index contributed by atoms with van der Waals surface area (Å²) in [7, 11) is 0. The molecule has 1 aliphatic carbocycles. The van der Waals surface area contributed by atoms with Gasteiger partial charge in [-0.2, -0.15) is 5.10 Å². The zero-order valence-corrected chi connectivity index (χ0v) is 17.1. The van der Waals surface area contributed by atoms with Gasteiger partial charge in [0.1, 0.15) is 13.2 Å². The molecule has 2 heterocycles. The summed E-state index contributed by atoms with van der Waals surface area (Å²) in [6.45, 7) is 4.14. The van der Waals surface area contributed by atoms with E-state index in [9.17, 15) is 4.79 Å². The SMILES string of the molecule is CCN(Cc1cccc2c1OCCO2)C(=O)c1nn(-c2ccccc2)c2c1CCC2. The van der Waals surface area contributed by atoms with Crippen molar-refractivity contribution in [1.29, 1.82) is 0 Å². The van der Waals surface area contributed by atoms with Gasteiger partial charge in [-0.1, -0.05) is 30.3 Å². The lowest BCUT2D eigenvalue weighted by atomic mass is 10.1. The minimum absolute atomic E-state index is 0.0281. The van der Waals surface area contributed by atoms with Gasteiger partial charge in [-0.3, -0.25) is 4.79 Å². The van der Waals surface area contributed by atoms with E-state index >= 15 is 0 Å². The maximum atomic E-state index is 13.5. The molecule has 0 fully saturated rings. The summed E-state index contributed by atoms with van der Waals surface area (Å²) >= 11 is 0. The maximum absolute atomic E-state index is 13.5. The predicted molar refractivity (Wildman–Crippen MR) is 113 cm³/mol. The van der Waals surface area contributed by atoms with Gasteiger partial charge in [-0.15, -0.1) is 0 Å². The van der Waals surface area contributed by atoms with E-state index in [0.717, 1.165) is 53.3 Å². The van der Waals surface area contributed by atoms with Gasteiger partial charge in [-0.05, 0) is 44.4 Å². The molecule has 0 radical (unpaired) electrons. The van der Waals surface area contributed by atoms with Crippen LogP contribution >= 0.6 is 0 Å². The van der Waals surface area contributed by atoms with Crippen LogP contribution in [-0.4, -0.2) is 40.3 Å². The lowest BCUT2D eigenvalue weighted by molar-refractivity contribution is 0.0741. The van der Waals surface area contributed by atoms with Crippen molar-refractivity contribution in [3.63, 3.8) is 0 Å². The fourth-order valence-electron chi connectivity index (χ4n) is 4.33. The summed E-state index contributed by atoms with van der Waals surface area (Å²) in [5.74, 6) is 1.46. The Kier molecular flexibility index (Phi) is 4.91. The summed E-state index contributed by atoms with van der Waals surface area (Å²) < 4.78 is 13.5. The molecule has 0 bridgehead atoms. The number of amides is 1. The van der Waals surface area contributed by atoms with Crippen molar-refractivity contribution in [2.45, 2.75) is 32.7 Å². The first-order valence-electron chi connectivity index (χ1n) is 10.6. The van der Waals surface area contributed by atoms with Gasteiger partial charge in [-0.25, -0.2) is 4.68 Å². The summed E-state index contributed by atoms with van der Waals surface area (Å²) in [5.41, 5.74) is 4.79. The fraction of sp³-hybridized carbons (Fsp3) is 0.333. The highest BCUT2D eigenvalue weighted by molar-refractivity contribution is 5.94. The highest BCUT2D eigenvalue weighted by Gasteiger charge is 2.30. The smallest absolute Gasteiger partial charge is 0.274 e. The molecule has 3 aromatic rings. The van der Waals surface area contributed by atoms with Gasteiger partial charge in [0.2, 0.25) is 0 Å². The van der Waals surface area contributed by atoms with Gasteiger partial charge < -0.3 is 14.4 Å². The highest BCUT2D eigenvalue weighted by Crippen LogP contribution is 2.35. The number of aromatic nitrogens is 2. The average molecular weight is 403 g/mol. The van der Waals surface area contributed by atoms with Crippen LogP contribution < -0.4 is 9.47 Å². The summed E-state index contributed by atoms with van der Waals surface area (Å²) in [6.07, 6.45) is 2.91. The Labute approximate surface area is 176 Å². The van der Waals surface area contributed by atoms with Crippen LogP contribution in [0, 0.1) is 0 Å². The quantitative estimate of drug-likeness (QED) is 0.650. The van der Waals surface area contributed by atoms with E-state index in [1.807, 2.05) is 65.0 Å². The molecule has 0 N–H and O–H groups in total. The van der Waals surface area contributed by atoms with Crippen LogP contribution in [0.1, 0.15) is 40.7 Å². The molecule has 1 aliphatic heterocycles. The van der Waals surface area contributed by atoms with Crippen LogP contribution in [0.2, 0.25) is 0 Å². The normalized spacial score (nSPS) is 14.4. The number of rotatable bonds is 5. The number of nitrogens with zero attached hydrogens (tertiary/aromatic N) is 3. The van der Waals surface area contributed by atoms with Crippen LogP contribution in [0.3, 0.4) is 0 Å². The van der Waals surface area contributed by atoms with Crippen molar-refractivity contribution < 1.29 is 14.3 Å². The minimum atomic E-state index is -0.0281. The topological polar surface area (TPSA) is 56.6 Å². The fourth-order valence-corrected chi connectivity index (χ4v) is 4.33. The van der Waals surface area contributed by atoms with Crippen LogP contribution in [0.15, 0.2) is 48.5 Å². The molecule has 0 saturated heterocycles. The van der Waals surface area contributed by atoms with E-state index in [2.05, 4.69) is 0 Å². The van der Waals surface area contributed by atoms with Gasteiger partial charge in [0, 0.05) is 29.9 Å². The molecule has 30 heavy (non-hydrogen) atoms. The molecule has 5 rings (SSSR count). The number of ether oxygens (including phenoxy) is 2. The van der Waals surface area contributed by atoms with Crippen LogP contribution in [0.5, 0.6) is 11.5 Å². The summed E-state index contributed by atoms with van der Waals surface area (Å²) in [5, 5.41) is 4.77. The van der Waals surface area contributed by atoms with E-state index in [4.69, 9.17) is 14.6 Å². The lowest BCUT2D eigenvalue weighted by Crippen LogP contribution is -2.32. The molecule has 2 aromatic carbocycles. The molecule has 0 atom stereocenters. The molecule has 1 amide bonds. The van der Waals surface area contributed by atoms with Crippen molar-refractivity contribution in [2.75, 3.05) is 19.8 Å². The van der Waals surface area contributed by atoms with E-state index in [-0.39, 0.29) is 5.91 Å². The molecular formula is C24H25N3O3. The first kappa shape index (κ1) is 18.7. The number of carbonyl (C=O) groups is 1. The van der Waals surface area contributed by atoms with E-state index in [0.29, 0.717) is 32.0 Å². The van der Waals surface area contributed by atoms with E-state index in [1.165, 1.54) is 0 Å². The Hall–Kier alpha value is -3.28. The van der Waals surface area contributed by atoms with Crippen LogP contribution in [0.4, 0.5) is 0 Å². The second-order valence-electron chi connectivity index (χ2n) is 7.64. The Balaban J connectivity index is 1.47. The lowest BCUT2D eigenvalue weighted by Gasteiger charge is -2.25. The Morgan fingerprint density at radius 2 is 1.90 bits per heavy atom. The predicted octanol–water partition coefficient (Wildman–Crippen LogP) is 3.79. The zero-order valence-electron chi connectivity index (χ0n) is 17.1. The molecule has 0 unspecified atom stereocenters. The minimum Gasteiger partial charge on any atom is -0.486 e. The van der Waals surface area contributed by atoms with Crippen LogP contribution in [-0.2, 0) is 19.4 Å². The van der Waals surface area contributed by atoms with E-state index in [1.54, 1.807) is 0 Å². The molecule has 6 nitrogen and oxygen atoms in total. The van der Waals surface area contributed by atoms with Crippen molar-refractivity contribution >= 4 is 5.91 Å². The molecule has 1 aromatic heterocycles. The Morgan fingerprint density at radius 3 is 2.73 bits per heavy atom. The summed E-state index contributed by atoms with van der Waals surface area (Å²) in [4.78, 5) is 15.4. The van der Waals surface area contributed by atoms with Crippen molar-refractivity contribution in [2.24, 2.45) is 0 Å². The first-order valence-corrected chi connectivity index (χ1v) is 10.6. The van der Waals surface area contributed by atoms with Gasteiger partial charge >= 0.3 is 0 Å². The monoisotopic (exact) mass is 403 g/mol. The molecule has 2 aliphatic rings. The average Bonchev–Trinajstić information content (AvgIpc) is 3.40. The molecular weight excluding hydrogens is 378 g/mol. The van der Waals surface area contributed by atoms with Crippen LogP contribution in [0.25, 0.3) is 5.69 Å². The zero-order chi connectivity index (χ0) is 20.5. The van der Waals surface area contributed by atoms with Gasteiger partial charge in [0.05, 0.1) is 5.69 Å². The number of carbonyl (C=O) groups excluding carboxylic acids is 1. The highest BCUT2D eigenvalue weighted by atomic mass is 16.6. The standard InChI is InChI=1S/C24H25N3O3/c1-2-26(16-17-8-6-13-21-23(17)30-15-14-29-21)24(28)22-19-11-7-12-20(19)27(25-22)18-9-4-3-5-10-18/h3-6,8-10,13H,2,7,11-12,14-16H2,1H3. The summed E-state index contributed by atoms with van der Waals surface area (Å²) in [6, 6.07) is 15.9. The second-order valence-corrected chi connectivity index (χ2v) is 7.64. The molecule has 6 heteroatoms. The third-order valence-electron chi connectivity index (χ3n) is 5.81. The third-order valence-corrected chi connectivity index (χ3v) is 5.81. The number of fused-ring (bicyclic) bond motifs is 2. The molecule has 154 valence electrons. The maximum Gasteiger partial charge on any atom is 0.274 e.